The van der Waals surface area contributed by atoms with Crippen molar-refractivity contribution in [3.05, 3.63) is 17.0 Å². The van der Waals surface area contributed by atoms with E-state index in [0.717, 1.165) is 31.7 Å². The Morgan fingerprint density at radius 3 is 2.94 bits per heavy atom. The standard InChI is InChI=1S/C12H21N3O/c1-9-12(10(2)14-13-9)7-15-5-3-4-11(6-15)8-16/h11,16H,3-8H2,1-2H3,(H,13,14). The first kappa shape index (κ1) is 11.6. The van der Waals surface area contributed by atoms with E-state index >= 15 is 0 Å². The number of nitrogens with one attached hydrogen (secondary N) is 1. The Bertz CT molecular complexity index is 329. The predicted octanol–water partition coefficient (Wildman–Crippen LogP) is 1.23. The molecule has 2 rings (SSSR count). The number of rotatable bonds is 3. The van der Waals surface area contributed by atoms with Crippen LogP contribution >= 0.6 is 0 Å². The Morgan fingerprint density at radius 2 is 2.31 bits per heavy atom. The number of piperidine rings is 1. The van der Waals surface area contributed by atoms with E-state index in [4.69, 9.17) is 0 Å². The topological polar surface area (TPSA) is 52.2 Å². The van der Waals surface area contributed by atoms with Crippen molar-refractivity contribution < 1.29 is 5.11 Å². The second-order valence-corrected chi connectivity index (χ2v) is 4.84. The molecule has 2 N–H and O–H groups in total. The van der Waals surface area contributed by atoms with Gasteiger partial charge >= 0.3 is 0 Å². The minimum Gasteiger partial charge on any atom is -0.396 e. The number of aryl methyl sites for hydroxylation is 2. The highest BCUT2D eigenvalue weighted by Gasteiger charge is 2.20. The van der Waals surface area contributed by atoms with Gasteiger partial charge in [0.05, 0.1) is 5.69 Å². The summed E-state index contributed by atoms with van der Waals surface area (Å²) in [5.74, 6) is 0.460. The summed E-state index contributed by atoms with van der Waals surface area (Å²) >= 11 is 0. The fraction of sp³-hybridized carbons (Fsp3) is 0.750. The molecule has 0 bridgehead atoms. The molecule has 1 fully saturated rings. The maximum absolute atomic E-state index is 9.20. The number of hydrogen-bond acceptors (Lipinski definition) is 3. The number of aliphatic hydroxyl groups excluding tert-OH is 1. The Kier molecular flexibility index (Phi) is 3.61. The van der Waals surface area contributed by atoms with Gasteiger partial charge in [-0.05, 0) is 39.2 Å². The molecular formula is C12H21N3O. The number of aromatic nitrogens is 2. The van der Waals surface area contributed by atoms with Gasteiger partial charge in [0.1, 0.15) is 0 Å². The molecule has 4 nitrogen and oxygen atoms in total. The number of nitrogens with zero attached hydrogens (tertiary/aromatic N) is 2. The van der Waals surface area contributed by atoms with Gasteiger partial charge in [-0.25, -0.2) is 0 Å². The molecule has 90 valence electrons. The largest absolute Gasteiger partial charge is 0.396 e. The molecule has 4 heteroatoms. The minimum atomic E-state index is 0.319. The third-order valence-corrected chi connectivity index (χ3v) is 3.52. The van der Waals surface area contributed by atoms with E-state index in [9.17, 15) is 5.11 Å². The smallest absolute Gasteiger partial charge is 0.0639 e. The van der Waals surface area contributed by atoms with Crippen LogP contribution in [0.5, 0.6) is 0 Å². The predicted molar refractivity (Wildman–Crippen MR) is 63.1 cm³/mol. The van der Waals surface area contributed by atoms with E-state index in [2.05, 4.69) is 22.0 Å². The molecule has 1 unspecified atom stereocenters. The van der Waals surface area contributed by atoms with Crippen molar-refractivity contribution in [3.63, 3.8) is 0 Å². The molecule has 0 spiro atoms. The quantitative estimate of drug-likeness (QED) is 0.810. The van der Waals surface area contributed by atoms with E-state index in [-0.39, 0.29) is 0 Å². The monoisotopic (exact) mass is 223 g/mol. The first-order valence-electron chi connectivity index (χ1n) is 6.04. The molecular weight excluding hydrogens is 202 g/mol. The van der Waals surface area contributed by atoms with Crippen LogP contribution in [-0.2, 0) is 6.54 Å². The summed E-state index contributed by atoms with van der Waals surface area (Å²) in [7, 11) is 0. The van der Waals surface area contributed by atoms with Crippen LogP contribution in [0.25, 0.3) is 0 Å². The van der Waals surface area contributed by atoms with Gasteiger partial charge in [0, 0.05) is 31.0 Å². The third-order valence-electron chi connectivity index (χ3n) is 3.52. The number of aliphatic hydroxyl groups is 1. The highest BCUT2D eigenvalue weighted by molar-refractivity contribution is 5.22. The fourth-order valence-electron chi connectivity index (χ4n) is 2.47. The molecule has 0 radical (unpaired) electrons. The zero-order valence-electron chi connectivity index (χ0n) is 10.2. The van der Waals surface area contributed by atoms with Gasteiger partial charge in [-0.15, -0.1) is 0 Å². The lowest BCUT2D eigenvalue weighted by Crippen LogP contribution is -2.36. The van der Waals surface area contributed by atoms with Crippen LogP contribution in [-0.4, -0.2) is 39.9 Å². The van der Waals surface area contributed by atoms with E-state index in [1.54, 1.807) is 0 Å². The summed E-state index contributed by atoms with van der Waals surface area (Å²) in [5, 5.41) is 16.4. The normalized spacial score (nSPS) is 22.6. The number of H-pyrrole nitrogens is 1. The van der Waals surface area contributed by atoms with Crippen LogP contribution in [0.2, 0.25) is 0 Å². The average molecular weight is 223 g/mol. The lowest BCUT2D eigenvalue weighted by Gasteiger charge is -2.31. The minimum absolute atomic E-state index is 0.319. The maximum Gasteiger partial charge on any atom is 0.0639 e. The van der Waals surface area contributed by atoms with Crippen molar-refractivity contribution >= 4 is 0 Å². The first-order valence-corrected chi connectivity index (χ1v) is 6.04. The zero-order valence-corrected chi connectivity index (χ0v) is 10.2. The fourth-order valence-corrected chi connectivity index (χ4v) is 2.47. The van der Waals surface area contributed by atoms with Crippen molar-refractivity contribution in [3.8, 4) is 0 Å². The van der Waals surface area contributed by atoms with Gasteiger partial charge in [-0.1, -0.05) is 0 Å². The zero-order chi connectivity index (χ0) is 11.5. The number of likely N-dealkylation sites (tertiary alicyclic amines) is 1. The van der Waals surface area contributed by atoms with Crippen LogP contribution in [0.15, 0.2) is 0 Å². The molecule has 1 atom stereocenters. The Morgan fingerprint density at radius 1 is 1.50 bits per heavy atom. The second kappa shape index (κ2) is 4.97. The van der Waals surface area contributed by atoms with Gasteiger partial charge in [0.2, 0.25) is 0 Å². The van der Waals surface area contributed by atoms with Gasteiger partial charge in [-0.3, -0.25) is 10.00 Å². The molecule has 2 heterocycles. The van der Waals surface area contributed by atoms with Crippen molar-refractivity contribution in [2.24, 2.45) is 5.92 Å². The van der Waals surface area contributed by atoms with Gasteiger partial charge in [-0.2, -0.15) is 5.10 Å². The van der Waals surface area contributed by atoms with E-state index < -0.39 is 0 Å². The maximum atomic E-state index is 9.20. The molecule has 1 aromatic heterocycles. The van der Waals surface area contributed by atoms with E-state index in [1.165, 1.54) is 17.7 Å². The highest BCUT2D eigenvalue weighted by Crippen LogP contribution is 2.20. The van der Waals surface area contributed by atoms with E-state index in [1.807, 2.05) is 6.92 Å². The molecule has 1 aliphatic heterocycles. The lowest BCUT2D eigenvalue weighted by molar-refractivity contribution is 0.115. The SMILES string of the molecule is Cc1n[nH]c(C)c1CN1CCCC(CO)C1. The molecule has 16 heavy (non-hydrogen) atoms. The van der Waals surface area contributed by atoms with E-state index in [0.29, 0.717) is 12.5 Å². The molecule has 1 aliphatic rings. The van der Waals surface area contributed by atoms with Gasteiger partial charge in [0.15, 0.2) is 0 Å². The van der Waals surface area contributed by atoms with Gasteiger partial charge < -0.3 is 5.11 Å². The molecule has 0 saturated carbocycles. The summed E-state index contributed by atoms with van der Waals surface area (Å²) < 4.78 is 0. The Hall–Kier alpha value is -0.870. The van der Waals surface area contributed by atoms with Crippen molar-refractivity contribution in [1.82, 2.24) is 15.1 Å². The van der Waals surface area contributed by atoms with Crippen molar-refractivity contribution in [2.75, 3.05) is 19.7 Å². The summed E-state index contributed by atoms with van der Waals surface area (Å²) in [6.07, 6.45) is 2.36. The average Bonchev–Trinajstić information content (AvgIpc) is 2.61. The van der Waals surface area contributed by atoms with Crippen LogP contribution in [0.3, 0.4) is 0 Å². The van der Waals surface area contributed by atoms with Crippen LogP contribution < -0.4 is 0 Å². The molecule has 0 amide bonds. The number of hydrogen-bond donors (Lipinski definition) is 2. The summed E-state index contributed by atoms with van der Waals surface area (Å²) in [5.41, 5.74) is 3.59. The third kappa shape index (κ3) is 2.44. The Balaban J connectivity index is 1.99. The van der Waals surface area contributed by atoms with Crippen molar-refractivity contribution in [2.45, 2.75) is 33.2 Å². The van der Waals surface area contributed by atoms with Crippen LogP contribution in [0.1, 0.15) is 29.8 Å². The first-order chi connectivity index (χ1) is 7.70. The summed E-state index contributed by atoms with van der Waals surface area (Å²) in [4.78, 5) is 2.43. The molecule has 0 aromatic carbocycles. The molecule has 1 aromatic rings. The molecule has 1 saturated heterocycles. The number of aromatic amines is 1. The van der Waals surface area contributed by atoms with Crippen LogP contribution in [0, 0.1) is 19.8 Å². The lowest BCUT2D eigenvalue weighted by atomic mass is 9.98. The summed E-state index contributed by atoms with van der Waals surface area (Å²) in [6.45, 7) is 7.56. The highest BCUT2D eigenvalue weighted by atomic mass is 16.3. The molecule has 0 aliphatic carbocycles. The van der Waals surface area contributed by atoms with Gasteiger partial charge in [0.25, 0.3) is 0 Å². The Labute approximate surface area is 96.7 Å². The van der Waals surface area contributed by atoms with Crippen LogP contribution in [0.4, 0.5) is 0 Å². The second-order valence-electron chi connectivity index (χ2n) is 4.84. The summed E-state index contributed by atoms with van der Waals surface area (Å²) in [6, 6.07) is 0. The van der Waals surface area contributed by atoms with Crippen molar-refractivity contribution in [1.29, 1.82) is 0 Å².